The number of nitriles is 1. The predicted octanol–water partition coefficient (Wildman–Crippen LogP) is 4.70. The Kier molecular flexibility index (Phi) is 5.59. The lowest BCUT2D eigenvalue weighted by atomic mass is 10.0. The van der Waals surface area contributed by atoms with Crippen LogP contribution < -0.4 is 5.56 Å². The van der Waals surface area contributed by atoms with E-state index in [0.717, 1.165) is 22.6 Å². The van der Waals surface area contributed by atoms with Gasteiger partial charge in [0.15, 0.2) is 5.89 Å². The van der Waals surface area contributed by atoms with Crippen molar-refractivity contribution in [1.82, 2.24) is 9.55 Å². The molecule has 0 aliphatic carbocycles. The number of alkyl halides is 3. The average molecular weight is 401 g/mol. The van der Waals surface area contributed by atoms with Gasteiger partial charge in [0.25, 0.3) is 5.56 Å². The van der Waals surface area contributed by atoms with Gasteiger partial charge in [0.2, 0.25) is 0 Å². The third-order valence-corrected chi connectivity index (χ3v) is 4.41. The number of nitrogens with zero attached hydrogens (tertiary/aromatic N) is 3. The topological polar surface area (TPSA) is 71.8 Å². The first-order valence-corrected chi connectivity index (χ1v) is 9.00. The first-order chi connectivity index (χ1) is 13.7. The number of oxazole rings is 1. The summed E-state index contributed by atoms with van der Waals surface area (Å²) in [6.07, 6.45) is -2.03. The summed E-state index contributed by atoms with van der Waals surface area (Å²) in [5.41, 5.74) is -1.48. The number of aromatic nitrogens is 2. The summed E-state index contributed by atoms with van der Waals surface area (Å²) in [4.78, 5) is 17.1. The fourth-order valence-electron chi connectivity index (χ4n) is 3.09. The van der Waals surface area contributed by atoms with Crippen LogP contribution in [0.3, 0.4) is 0 Å². The van der Waals surface area contributed by atoms with Crippen LogP contribution in [0.2, 0.25) is 0 Å². The van der Waals surface area contributed by atoms with Crippen molar-refractivity contribution in [2.75, 3.05) is 0 Å². The van der Waals surface area contributed by atoms with E-state index in [1.807, 2.05) is 6.92 Å². The van der Waals surface area contributed by atoms with E-state index in [1.165, 1.54) is 12.3 Å². The Bertz CT molecular complexity index is 1140. The molecule has 0 aliphatic rings. The molecule has 2 heterocycles. The normalized spacial score (nSPS) is 11.4. The van der Waals surface area contributed by atoms with Crippen molar-refractivity contribution in [2.24, 2.45) is 0 Å². The molecule has 3 rings (SSSR count). The Labute approximate surface area is 165 Å². The van der Waals surface area contributed by atoms with Crippen LogP contribution in [-0.2, 0) is 19.1 Å². The third-order valence-electron chi connectivity index (χ3n) is 4.41. The number of aryl methyl sites for hydroxylation is 2. The van der Waals surface area contributed by atoms with Gasteiger partial charge in [0.05, 0.1) is 23.5 Å². The lowest BCUT2D eigenvalue weighted by Crippen LogP contribution is -2.28. The van der Waals surface area contributed by atoms with Crippen LogP contribution in [0.4, 0.5) is 13.2 Å². The molecule has 3 aromatic rings. The van der Waals surface area contributed by atoms with Crippen molar-refractivity contribution >= 4 is 0 Å². The molecule has 5 nitrogen and oxygen atoms in total. The summed E-state index contributed by atoms with van der Waals surface area (Å²) in [6, 6.07) is 9.06. The van der Waals surface area contributed by atoms with E-state index < -0.39 is 22.9 Å². The Morgan fingerprint density at radius 1 is 1.28 bits per heavy atom. The van der Waals surface area contributed by atoms with E-state index in [4.69, 9.17) is 4.42 Å². The van der Waals surface area contributed by atoms with E-state index in [-0.39, 0.29) is 12.2 Å². The van der Waals surface area contributed by atoms with Gasteiger partial charge in [-0.1, -0.05) is 30.7 Å². The smallest absolute Gasteiger partial charge is 0.417 e. The number of halogens is 3. The molecule has 0 saturated carbocycles. The zero-order chi connectivity index (χ0) is 21.2. The maximum Gasteiger partial charge on any atom is 0.417 e. The summed E-state index contributed by atoms with van der Waals surface area (Å²) in [5.74, 6) is 0.486. The number of pyridine rings is 1. The van der Waals surface area contributed by atoms with Gasteiger partial charge in [-0.15, -0.1) is 0 Å². The first-order valence-electron chi connectivity index (χ1n) is 9.00. The molecule has 29 heavy (non-hydrogen) atoms. The van der Waals surface area contributed by atoms with Crippen molar-refractivity contribution in [1.29, 1.82) is 5.26 Å². The molecule has 0 bridgehead atoms. The standard InChI is InChI=1S/C21H18F3N3O2/c1-3-5-19-26-15(12-29-19)11-27-18(14-7-4-6-13(2)8-14)9-17(21(22,23)24)16(10-25)20(27)28/h4,6-9,12H,3,5,11H2,1-2H3. The Balaban J connectivity index is 2.24. The van der Waals surface area contributed by atoms with Crippen molar-refractivity contribution in [3.05, 3.63) is 75.2 Å². The largest absolute Gasteiger partial charge is 0.449 e. The van der Waals surface area contributed by atoms with E-state index in [0.29, 0.717) is 23.6 Å². The lowest BCUT2D eigenvalue weighted by molar-refractivity contribution is -0.137. The molecule has 0 N–H and O–H groups in total. The molecule has 150 valence electrons. The van der Waals surface area contributed by atoms with Crippen molar-refractivity contribution in [3.63, 3.8) is 0 Å². The molecule has 0 fully saturated rings. The summed E-state index contributed by atoms with van der Waals surface area (Å²) in [7, 11) is 0. The van der Waals surface area contributed by atoms with Gasteiger partial charge in [-0.05, 0) is 31.0 Å². The molecule has 0 saturated heterocycles. The van der Waals surface area contributed by atoms with Gasteiger partial charge in [-0.25, -0.2) is 4.98 Å². The zero-order valence-corrected chi connectivity index (χ0v) is 15.9. The summed E-state index contributed by atoms with van der Waals surface area (Å²) < 4.78 is 47.0. The van der Waals surface area contributed by atoms with Gasteiger partial charge in [-0.2, -0.15) is 18.4 Å². The highest BCUT2D eigenvalue weighted by Crippen LogP contribution is 2.33. The van der Waals surface area contributed by atoms with Crippen LogP contribution >= 0.6 is 0 Å². The lowest BCUT2D eigenvalue weighted by Gasteiger charge is -2.17. The van der Waals surface area contributed by atoms with E-state index in [1.54, 1.807) is 31.2 Å². The maximum atomic E-state index is 13.5. The molecule has 0 radical (unpaired) electrons. The molecule has 8 heteroatoms. The molecule has 0 unspecified atom stereocenters. The van der Waals surface area contributed by atoms with Crippen LogP contribution in [0.25, 0.3) is 11.3 Å². The van der Waals surface area contributed by atoms with Crippen LogP contribution in [0.15, 0.2) is 45.8 Å². The second-order valence-electron chi connectivity index (χ2n) is 6.67. The minimum Gasteiger partial charge on any atom is -0.449 e. The summed E-state index contributed by atoms with van der Waals surface area (Å²) >= 11 is 0. The summed E-state index contributed by atoms with van der Waals surface area (Å²) in [6.45, 7) is 3.65. The highest BCUT2D eigenvalue weighted by molar-refractivity contribution is 5.63. The number of rotatable bonds is 5. The zero-order valence-electron chi connectivity index (χ0n) is 15.9. The van der Waals surface area contributed by atoms with Gasteiger partial charge in [0.1, 0.15) is 17.9 Å². The average Bonchev–Trinajstić information content (AvgIpc) is 3.09. The molecular formula is C21H18F3N3O2. The third kappa shape index (κ3) is 4.24. The second kappa shape index (κ2) is 7.95. The summed E-state index contributed by atoms with van der Waals surface area (Å²) in [5, 5.41) is 9.24. The molecular weight excluding hydrogens is 383 g/mol. The Morgan fingerprint density at radius 3 is 2.66 bits per heavy atom. The molecule has 0 atom stereocenters. The van der Waals surface area contributed by atoms with Crippen LogP contribution in [0.1, 0.15) is 41.6 Å². The number of benzene rings is 1. The van der Waals surface area contributed by atoms with E-state index in [2.05, 4.69) is 4.98 Å². The fourth-order valence-corrected chi connectivity index (χ4v) is 3.09. The minimum atomic E-state index is -4.83. The van der Waals surface area contributed by atoms with Crippen LogP contribution in [0, 0.1) is 18.3 Å². The van der Waals surface area contributed by atoms with Gasteiger partial charge in [-0.3, -0.25) is 4.79 Å². The highest BCUT2D eigenvalue weighted by atomic mass is 19.4. The fraction of sp³-hybridized carbons (Fsp3) is 0.286. The van der Waals surface area contributed by atoms with Crippen molar-refractivity contribution in [2.45, 2.75) is 39.4 Å². The predicted molar refractivity (Wildman–Crippen MR) is 100 cm³/mol. The first kappa shape index (κ1) is 20.4. The molecule has 0 spiro atoms. The minimum absolute atomic E-state index is 0.0602. The SMILES string of the molecule is CCCc1nc(Cn2c(-c3cccc(C)c3)cc(C(F)(F)F)c(C#N)c2=O)co1. The highest BCUT2D eigenvalue weighted by Gasteiger charge is 2.36. The second-order valence-corrected chi connectivity index (χ2v) is 6.67. The van der Waals surface area contributed by atoms with E-state index in [9.17, 15) is 23.2 Å². The van der Waals surface area contributed by atoms with Gasteiger partial charge < -0.3 is 8.98 Å². The van der Waals surface area contributed by atoms with Gasteiger partial charge >= 0.3 is 6.18 Å². The van der Waals surface area contributed by atoms with Crippen molar-refractivity contribution < 1.29 is 17.6 Å². The Hall–Kier alpha value is -3.34. The Morgan fingerprint density at radius 2 is 2.03 bits per heavy atom. The van der Waals surface area contributed by atoms with Crippen LogP contribution in [0.5, 0.6) is 0 Å². The molecule has 1 aromatic carbocycles. The number of hydrogen-bond acceptors (Lipinski definition) is 4. The number of hydrogen-bond donors (Lipinski definition) is 0. The van der Waals surface area contributed by atoms with Gasteiger partial charge in [0, 0.05) is 6.42 Å². The monoisotopic (exact) mass is 401 g/mol. The molecule has 2 aromatic heterocycles. The quantitative estimate of drug-likeness (QED) is 0.621. The van der Waals surface area contributed by atoms with Crippen LogP contribution in [-0.4, -0.2) is 9.55 Å². The molecule has 0 amide bonds. The maximum absolute atomic E-state index is 13.5. The van der Waals surface area contributed by atoms with Crippen molar-refractivity contribution in [3.8, 4) is 17.3 Å². The molecule has 0 aliphatic heterocycles. The van der Waals surface area contributed by atoms with E-state index >= 15 is 0 Å².